The van der Waals surface area contributed by atoms with E-state index in [9.17, 15) is 10.1 Å². The Labute approximate surface area is 152 Å². The first-order valence-electron chi connectivity index (χ1n) is 7.86. The van der Waals surface area contributed by atoms with E-state index in [1.165, 1.54) is 37.1 Å². The average molecular weight is 373 g/mol. The molecule has 1 aliphatic rings. The van der Waals surface area contributed by atoms with Crippen molar-refractivity contribution in [2.75, 3.05) is 5.32 Å². The van der Waals surface area contributed by atoms with Crippen LogP contribution in [0.2, 0.25) is 5.15 Å². The number of rotatable bonds is 6. The fraction of sp³-hybridized carbons (Fsp3) is 0.188. The van der Waals surface area contributed by atoms with Gasteiger partial charge in [-0.25, -0.2) is 0 Å². The zero-order chi connectivity index (χ0) is 18.1. The lowest BCUT2D eigenvalue weighted by Crippen LogP contribution is -1.98. The second-order valence-electron chi connectivity index (χ2n) is 5.82. The van der Waals surface area contributed by atoms with Gasteiger partial charge in [-0.05, 0) is 25.0 Å². The molecule has 0 radical (unpaired) electrons. The van der Waals surface area contributed by atoms with E-state index in [1.807, 2.05) is 6.07 Å². The van der Waals surface area contributed by atoms with Crippen LogP contribution in [0.4, 0.5) is 17.3 Å². The van der Waals surface area contributed by atoms with Crippen molar-refractivity contribution < 1.29 is 9.66 Å². The molecule has 3 aromatic rings. The molecule has 0 saturated heterocycles. The number of nitro groups is 1. The number of benzene rings is 1. The van der Waals surface area contributed by atoms with Gasteiger partial charge in [0.05, 0.1) is 4.92 Å². The van der Waals surface area contributed by atoms with Crippen molar-refractivity contribution in [1.82, 2.24) is 20.2 Å². The van der Waals surface area contributed by atoms with Crippen molar-refractivity contribution >= 4 is 28.9 Å². The molecule has 2 aromatic heterocycles. The number of nitrogens with zero attached hydrogens (tertiary/aromatic N) is 4. The molecular formula is C16H13ClN6O3. The highest BCUT2D eigenvalue weighted by Crippen LogP contribution is 2.39. The molecule has 9 nitrogen and oxygen atoms in total. The third-order valence-electron chi connectivity index (χ3n) is 3.80. The van der Waals surface area contributed by atoms with E-state index in [0.29, 0.717) is 23.3 Å². The molecule has 2 heterocycles. The molecule has 1 fully saturated rings. The molecule has 4 rings (SSSR count). The van der Waals surface area contributed by atoms with Gasteiger partial charge in [0, 0.05) is 35.9 Å². The number of nitrogens with one attached hydrogen (secondary N) is 2. The van der Waals surface area contributed by atoms with Gasteiger partial charge in [-0.3, -0.25) is 15.2 Å². The summed E-state index contributed by atoms with van der Waals surface area (Å²) in [6.07, 6.45) is 2.35. The van der Waals surface area contributed by atoms with E-state index in [4.69, 9.17) is 16.3 Å². The lowest BCUT2D eigenvalue weighted by Gasteiger charge is -2.07. The summed E-state index contributed by atoms with van der Waals surface area (Å²) in [5.74, 6) is 1.98. The van der Waals surface area contributed by atoms with Crippen molar-refractivity contribution in [1.29, 1.82) is 0 Å². The maximum Gasteiger partial charge on any atom is 0.325 e. The highest BCUT2D eigenvalue weighted by atomic mass is 35.5. The van der Waals surface area contributed by atoms with Gasteiger partial charge in [-0.15, -0.1) is 0 Å². The maximum absolute atomic E-state index is 10.7. The number of hydrogen-bond acceptors (Lipinski definition) is 7. The van der Waals surface area contributed by atoms with Gasteiger partial charge in [0.25, 0.3) is 5.69 Å². The molecule has 0 bridgehead atoms. The monoisotopic (exact) mass is 372 g/mol. The Kier molecular flexibility index (Phi) is 4.13. The maximum atomic E-state index is 10.7. The zero-order valence-electron chi connectivity index (χ0n) is 13.3. The van der Waals surface area contributed by atoms with Gasteiger partial charge in [0.15, 0.2) is 5.82 Å². The van der Waals surface area contributed by atoms with E-state index in [-0.39, 0.29) is 16.9 Å². The number of aromatic amines is 1. The molecule has 2 N–H and O–H groups in total. The number of H-pyrrole nitrogens is 1. The van der Waals surface area contributed by atoms with Crippen LogP contribution in [0.25, 0.3) is 0 Å². The topological polar surface area (TPSA) is 119 Å². The van der Waals surface area contributed by atoms with Crippen molar-refractivity contribution in [2.45, 2.75) is 18.8 Å². The van der Waals surface area contributed by atoms with E-state index in [2.05, 4.69) is 25.5 Å². The minimum Gasteiger partial charge on any atom is -0.424 e. The van der Waals surface area contributed by atoms with Gasteiger partial charge >= 0.3 is 6.01 Å². The first kappa shape index (κ1) is 16.3. The summed E-state index contributed by atoms with van der Waals surface area (Å²) in [5.41, 5.74) is 1.06. The Morgan fingerprint density at radius 1 is 1.19 bits per heavy atom. The minimum absolute atomic E-state index is 0.0202. The highest BCUT2D eigenvalue weighted by molar-refractivity contribution is 6.29. The molecule has 1 aromatic carbocycles. The Bertz CT molecular complexity index is 955. The molecule has 0 amide bonds. The Balaban J connectivity index is 1.50. The Morgan fingerprint density at radius 3 is 2.65 bits per heavy atom. The van der Waals surface area contributed by atoms with Crippen LogP contribution >= 0.6 is 11.6 Å². The molecule has 1 saturated carbocycles. The van der Waals surface area contributed by atoms with Gasteiger partial charge in [0.1, 0.15) is 16.7 Å². The first-order valence-corrected chi connectivity index (χ1v) is 8.24. The number of nitro benzene ring substituents is 1. The number of ether oxygens (including phenoxy) is 1. The summed E-state index contributed by atoms with van der Waals surface area (Å²) in [7, 11) is 0. The molecular weight excluding hydrogens is 360 g/mol. The number of anilines is 2. The zero-order valence-corrected chi connectivity index (χ0v) is 14.1. The molecule has 26 heavy (non-hydrogen) atoms. The second kappa shape index (κ2) is 6.60. The van der Waals surface area contributed by atoms with Gasteiger partial charge in [-0.2, -0.15) is 15.1 Å². The molecule has 132 valence electrons. The Hall–Kier alpha value is -3.20. The third kappa shape index (κ3) is 3.72. The average Bonchev–Trinajstić information content (AvgIpc) is 3.35. The summed E-state index contributed by atoms with van der Waals surface area (Å²) < 4.78 is 5.53. The van der Waals surface area contributed by atoms with Gasteiger partial charge in [-0.1, -0.05) is 11.6 Å². The predicted molar refractivity (Wildman–Crippen MR) is 94.1 cm³/mol. The predicted octanol–water partition coefficient (Wildman–Crippen LogP) is 4.17. The van der Waals surface area contributed by atoms with Crippen molar-refractivity contribution in [3.05, 3.63) is 57.4 Å². The number of aromatic nitrogens is 4. The van der Waals surface area contributed by atoms with Crippen LogP contribution in [0.1, 0.15) is 24.5 Å². The van der Waals surface area contributed by atoms with Crippen LogP contribution < -0.4 is 10.1 Å². The standard InChI is InChI=1S/C16H13ClN6O3/c17-13-8-14(19-15-7-12(21-22-15)9-1-2-9)20-16(18-13)26-11-5-3-10(4-6-11)23(24)25/h3-9H,1-2H2,(H2,18,19,20,21,22). The summed E-state index contributed by atoms with van der Waals surface area (Å²) in [6.45, 7) is 0. The van der Waals surface area contributed by atoms with E-state index in [0.717, 1.165) is 5.69 Å². The largest absolute Gasteiger partial charge is 0.424 e. The van der Waals surface area contributed by atoms with Crippen LogP contribution in [-0.4, -0.2) is 25.1 Å². The molecule has 0 unspecified atom stereocenters. The lowest BCUT2D eigenvalue weighted by molar-refractivity contribution is -0.384. The molecule has 0 spiro atoms. The van der Waals surface area contributed by atoms with E-state index < -0.39 is 4.92 Å². The number of hydrogen-bond donors (Lipinski definition) is 2. The quantitative estimate of drug-likeness (QED) is 0.378. The Morgan fingerprint density at radius 2 is 1.96 bits per heavy atom. The lowest BCUT2D eigenvalue weighted by atomic mass is 10.3. The first-order chi connectivity index (χ1) is 12.6. The summed E-state index contributed by atoms with van der Waals surface area (Å²) in [4.78, 5) is 18.4. The summed E-state index contributed by atoms with van der Waals surface area (Å²) in [5, 5.41) is 21.1. The van der Waals surface area contributed by atoms with Crippen molar-refractivity contribution in [3.8, 4) is 11.8 Å². The van der Waals surface area contributed by atoms with Crippen LogP contribution in [0.15, 0.2) is 36.4 Å². The number of non-ortho nitro benzene ring substituents is 1. The van der Waals surface area contributed by atoms with Crippen molar-refractivity contribution in [3.63, 3.8) is 0 Å². The summed E-state index contributed by atoms with van der Waals surface area (Å²) >= 11 is 6.03. The van der Waals surface area contributed by atoms with Crippen molar-refractivity contribution in [2.24, 2.45) is 0 Å². The fourth-order valence-electron chi connectivity index (χ4n) is 2.38. The SMILES string of the molecule is O=[N+]([O-])c1ccc(Oc2nc(Cl)cc(Nc3cc(C4CC4)[nH]n3)n2)cc1. The summed E-state index contributed by atoms with van der Waals surface area (Å²) in [6, 6.07) is 9.10. The van der Waals surface area contributed by atoms with Crippen LogP contribution in [0.5, 0.6) is 11.8 Å². The van der Waals surface area contributed by atoms with E-state index >= 15 is 0 Å². The van der Waals surface area contributed by atoms with Crippen LogP contribution in [0.3, 0.4) is 0 Å². The highest BCUT2D eigenvalue weighted by Gasteiger charge is 2.25. The minimum atomic E-state index is -0.485. The molecule has 0 atom stereocenters. The second-order valence-corrected chi connectivity index (χ2v) is 6.21. The van der Waals surface area contributed by atoms with Crippen LogP contribution in [0, 0.1) is 10.1 Å². The van der Waals surface area contributed by atoms with Gasteiger partial charge < -0.3 is 10.1 Å². The van der Waals surface area contributed by atoms with Crippen LogP contribution in [-0.2, 0) is 0 Å². The molecule has 10 heteroatoms. The smallest absolute Gasteiger partial charge is 0.325 e. The molecule has 0 aliphatic heterocycles. The van der Waals surface area contributed by atoms with E-state index in [1.54, 1.807) is 6.07 Å². The van der Waals surface area contributed by atoms with Gasteiger partial charge in [0.2, 0.25) is 0 Å². The number of halogens is 1. The fourth-order valence-corrected chi connectivity index (χ4v) is 2.56. The molecule has 1 aliphatic carbocycles. The third-order valence-corrected chi connectivity index (χ3v) is 4.00. The normalized spacial score (nSPS) is 13.4.